The number of aliphatic hydroxyl groups excluding tert-OH is 11. The first-order valence-corrected chi connectivity index (χ1v) is 11.2. The number of carbonyl (C=O) groups excluding carboxylic acids is 2. The van der Waals surface area contributed by atoms with E-state index in [1.807, 2.05) is 0 Å². The van der Waals surface area contributed by atoms with E-state index in [-0.39, 0.29) is 0 Å². The Morgan fingerprint density at radius 3 is 1.76 bits per heavy atom. The minimum atomic E-state index is -2.50. The summed E-state index contributed by atoms with van der Waals surface area (Å²) in [5.74, 6) is -1.72. The highest BCUT2D eigenvalue weighted by Gasteiger charge is 2.48. The van der Waals surface area contributed by atoms with Gasteiger partial charge in [-0.25, -0.2) is 9.59 Å². The third-order valence-corrected chi connectivity index (χ3v) is 5.88. The van der Waals surface area contributed by atoms with Crippen LogP contribution in [0, 0.1) is 0 Å². The maximum atomic E-state index is 11.4. The summed E-state index contributed by atoms with van der Waals surface area (Å²) in [6, 6.07) is 0. The lowest BCUT2D eigenvalue weighted by Gasteiger charge is -2.42. The first kappa shape index (κ1) is 32.6. The fourth-order valence-corrected chi connectivity index (χ4v) is 3.59. The van der Waals surface area contributed by atoms with Gasteiger partial charge in [-0.15, -0.1) is 0 Å². The van der Waals surface area contributed by atoms with Gasteiger partial charge in [0.05, 0.1) is 19.8 Å². The van der Waals surface area contributed by atoms with Gasteiger partial charge >= 0.3 is 12.1 Å². The van der Waals surface area contributed by atoms with Crippen molar-refractivity contribution in [3.8, 4) is 0 Å². The van der Waals surface area contributed by atoms with Crippen LogP contribution in [0.3, 0.4) is 0 Å². The number of hydrogen-bond acceptors (Lipinski definition) is 18. The van der Waals surface area contributed by atoms with Crippen LogP contribution < -0.4 is 5.73 Å². The minimum Gasteiger partial charge on any atom is -0.394 e. The van der Waals surface area contributed by atoms with Gasteiger partial charge in [-0.2, -0.15) is 0 Å². The molecule has 0 saturated carbocycles. The molecule has 19 heteroatoms. The van der Waals surface area contributed by atoms with Crippen molar-refractivity contribution in [1.29, 1.82) is 0 Å². The molecule has 0 unspecified atom stereocenters. The van der Waals surface area contributed by atoms with Crippen molar-refractivity contribution in [3.63, 3.8) is 0 Å². The maximum Gasteiger partial charge on any atom is 0.412 e. The van der Waals surface area contributed by atoms with Gasteiger partial charge in [0.15, 0.2) is 18.7 Å². The number of ether oxygens (including phenoxy) is 5. The number of hydrogen-bond donors (Lipinski definition) is 12. The van der Waals surface area contributed by atoms with E-state index in [4.69, 9.17) is 18.9 Å². The SMILES string of the molecule is NC(=O)OC(=O)[C@H](O)[C@@H](O)[C@H](O)[C@H](O)CO[C@H]1O[C@H](CO[C@H]2O[C@H](CO)[C@@H](O)[C@H](O)[C@H]2O)[C@@H](O)[C@H](O)[C@H]1O. The van der Waals surface area contributed by atoms with Crippen molar-refractivity contribution >= 4 is 12.1 Å². The Morgan fingerprint density at radius 1 is 0.737 bits per heavy atom. The van der Waals surface area contributed by atoms with E-state index in [0.717, 1.165) is 0 Å². The summed E-state index contributed by atoms with van der Waals surface area (Å²) in [6.07, 6.45) is -27.8. The number of carbonyl (C=O) groups is 2. The molecule has 0 aliphatic carbocycles. The Bertz CT molecular complexity index is 772. The number of esters is 1. The van der Waals surface area contributed by atoms with Gasteiger partial charge in [0, 0.05) is 0 Å². The van der Waals surface area contributed by atoms with Gasteiger partial charge in [0.1, 0.15) is 67.1 Å². The molecule has 2 heterocycles. The van der Waals surface area contributed by atoms with Crippen LogP contribution in [-0.2, 0) is 28.5 Å². The molecule has 2 aliphatic rings. The van der Waals surface area contributed by atoms with E-state index < -0.39 is 118 Å². The molecule has 14 atom stereocenters. The lowest BCUT2D eigenvalue weighted by atomic mass is 9.98. The monoisotopic (exact) mass is 563 g/mol. The van der Waals surface area contributed by atoms with Crippen molar-refractivity contribution in [2.45, 2.75) is 85.8 Å². The van der Waals surface area contributed by atoms with Crippen molar-refractivity contribution in [2.24, 2.45) is 5.73 Å². The van der Waals surface area contributed by atoms with Gasteiger partial charge in [0.2, 0.25) is 0 Å². The summed E-state index contributed by atoms with van der Waals surface area (Å²) >= 11 is 0. The molecule has 38 heavy (non-hydrogen) atoms. The molecule has 222 valence electrons. The highest BCUT2D eigenvalue weighted by molar-refractivity contribution is 5.86. The lowest BCUT2D eigenvalue weighted by Crippen LogP contribution is -2.62. The summed E-state index contributed by atoms with van der Waals surface area (Å²) in [5.41, 5.74) is 4.60. The third-order valence-electron chi connectivity index (χ3n) is 5.88. The van der Waals surface area contributed by atoms with Gasteiger partial charge in [-0.05, 0) is 0 Å². The van der Waals surface area contributed by atoms with E-state index in [1.165, 1.54) is 0 Å². The molecule has 0 radical (unpaired) electrons. The van der Waals surface area contributed by atoms with E-state index >= 15 is 0 Å². The molecule has 13 N–H and O–H groups in total. The molecule has 2 aliphatic heterocycles. The van der Waals surface area contributed by atoms with Gasteiger partial charge in [-0.1, -0.05) is 0 Å². The van der Waals surface area contributed by atoms with Gasteiger partial charge in [0.25, 0.3) is 0 Å². The molecule has 0 bridgehead atoms. The Morgan fingerprint density at radius 2 is 1.24 bits per heavy atom. The molecule has 2 rings (SSSR count). The molecular formula is C19H33NO18. The molecule has 2 saturated heterocycles. The van der Waals surface area contributed by atoms with Crippen LogP contribution in [0.4, 0.5) is 4.79 Å². The van der Waals surface area contributed by atoms with Crippen LogP contribution in [-0.4, -0.2) is 174 Å². The van der Waals surface area contributed by atoms with Gasteiger partial charge in [-0.3, -0.25) is 0 Å². The van der Waals surface area contributed by atoms with Crippen LogP contribution in [0.25, 0.3) is 0 Å². The zero-order valence-corrected chi connectivity index (χ0v) is 19.6. The fraction of sp³-hybridized carbons (Fsp3) is 0.895. The smallest absolute Gasteiger partial charge is 0.394 e. The average molecular weight is 563 g/mol. The van der Waals surface area contributed by atoms with Crippen LogP contribution in [0.2, 0.25) is 0 Å². The number of primary amides is 1. The zero-order chi connectivity index (χ0) is 28.9. The summed E-state index contributed by atoms with van der Waals surface area (Å²) < 4.78 is 24.6. The predicted molar refractivity (Wildman–Crippen MR) is 112 cm³/mol. The topological polar surface area (TPSA) is 329 Å². The Hall–Kier alpha value is -1.66. The molecule has 0 aromatic heterocycles. The highest BCUT2D eigenvalue weighted by atomic mass is 16.7. The summed E-state index contributed by atoms with van der Waals surface area (Å²) in [6.45, 7) is -2.34. The Labute approximate surface area is 213 Å². The van der Waals surface area contributed by atoms with Crippen molar-refractivity contribution < 1.29 is 89.4 Å². The summed E-state index contributed by atoms with van der Waals surface area (Å²) in [5, 5.41) is 109. The minimum absolute atomic E-state index is 0.661. The Kier molecular flexibility index (Phi) is 12.1. The van der Waals surface area contributed by atoms with Crippen LogP contribution in [0.1, 0.15) is 0 Å². The highest BCUT2D eigenvalue weighted by Crippen LogP contribution is 2.26. The molecule has 1 amide bonds. The van der Waals surface area contributed by atoms with E-state index in [1.54, 1.807) is 0 Å². The third kappa shape index (κ3) is 7.71. The average Bonchev–Trinajstić information content (AvgIpc) is 2.88. The standard InChI is InChI=1S/C19H33NO18/c20-19(33)38-16(32)13(29)10(26)7(23)4(22)2-34-17-15(31)12(28)9(25)6(37-17)3-35-18-14(30)11(27)8(24)5(1-21)36-18/h4-15,17-18,21-31H,1-3H2,(H2,20,33)/t4-,5-,6-,7-,8-,9-,10+,11+,12+,13-,14-,15-,17+,18+/m1/s1. The molecule has 19 nitrogen and oxygen atoms in total. The number of nitrogens with two attached hydrogens (primary N) is 1. The predicted octanol–water partition coefficient (Wildman–Crippen LogP) is -8.31. The second-order valence-electron chi connectivity index (χ2n) is 8.61. The van der Waals surface area contributed by atoms with Crippen LogP contribution >= 0.6 is 0 Å². The molecule has 0 spiro atoms. The zero-order valence-electron chi connectivity index (χ0n) is 19.6. The van der Waals surface area contributed by atoms with E-state index in [2.05, 4.69) is 10.5 Å². The maximum absolute atomic E-state index is 11.4. The van der Waals surface area contributed by atoms with Crippen molar-refractivity contribution in [2.75, 3.05) is 19.8 Å². The molecule has 2 fully saturated rings. The number of amides is 1. The first-order chi connectivity index (χ1) is 17.7. The largest absolute Gasteiger partial charge is 0.412 e. The summed E-state index contributed by atoms with van der Waals surface area (Å²) in [7, 11) is 0. The second-order valence-corrected chi connectivity index (χ2v) is 8.61. The normalized spacial score (nSPS) is 39.1. The first-order valence-electron chi connectivity index (χ1n) is 11.2. The second kappa shape index (κ2) is 14.1. The van der Waals surface area contributed by atoms with E-state index in [0.29, 0.717) is 0 Å². The van der Waals surface area contributed by atoms with Crippen LogP contribution in [0.5, 0.6) is 0 Å². The van der Waals surface area contributed by atoms with Crippen LogP contribution in [0.15, 0.2) is 0 Å². The molecule has 0 aromatic rings. The fourth-order valence-electron chi connectivity index (χ4n) is 3.59. The Balaban J connectivity index is 1.95. The number of rotatable bonds is 11. The van der Waals surface area contributed by atoms with Crippen molar-refractivity contribution in [1.82, 2.24) is 0 Å². The van der Waals surface area contributed by atoms with E-state index in [9.17, 15) is 65.8 Å². The summed E-state index contributed by atoms with van der Waals surface area (Å²) in [4.78, 5) is 22.0. The lowest BCUT2D eigenvalue weighted by molar-refractivity contribution is -0.333. The quantitative estimate of drug-likeness (QED) is 0.0819. The van der Waals surface area contributed by atoms with Gasteiger partial charge < -0.3 is 85.6 Å². The molecule has 0 aromatic carbocycles. The van der Waals surface area contributed by atoms with Crippen molar-refractivity contribution in [3.05, 3.63) is 0 Å². The molecular weight excluding hydrogens is 530 g/mol. The number of aliphatic hydroxyl groups is 11.